The molecule has 21 heavy (non-hydrogen) atoms. The zero-order chi connectivity index (χ0) is 15.3. The highest BCUT2D eigenvalue weighted by atomic mass is 14.4. The molecule has 0 aromatic rings. The molecule has 2 fully saturated rings. The second-order valence-electron chi connectivity index (χ2n) is 7.92. The normalized spacial score (nSPS) is 39.6. The molecule has 0 unspecified atom stereocenters. The van der Waals surface area contributed by atoms with Crippen molar-refractivity contribution >= 4 is 0 Å². The minimum Gasteiger partial charge on any atom is -0.106 e. The van der Waals surface area contributed by atoms with Crippen LogP contribution in [0.3, 0.4) is 0 Å². The summed E-state index contributed by atoms with van der Waals surface area (Å²) in [6, 6.07) is 0. The summed E-state index contributed by atoms with van der Waals surface area (Å²) in [5.41, 5.74) is 0.631. The van der Waals surface area contributed by atoms with Crippen molar-refractivity contribution in [3.8, 4) is 23.7 Å². The molecule has 0 amide bonds. The fourth-order valence-electron chi connectivity index (χ4n) is 4.46. The van der Waals surface area contributed by atoms with Crippen molar-refractivity contribution in [3.63, 3.8) is 0 Å². The van der Waals surface area contributed by atoms with Gasteiger partial charge in [0.1, 0.15) is 0 Å². The average Bonchev–Trinajstić information content (AvgIpc) is 2.46. The molecule has 2 saturated carbocycles. The van der Waals surface area contributed by atoms with Crippen molar-refractivity contribution < 1.29 is 0 Å². The standard InChI is InChI=1S/C21H32/c1-5-11-20(4)13-9-19(10-14-20)17-21(12-6-2)15-7-18(3)8-16-21/h18-19H,7-10,13-17H2,1-4H3. The molecule has 0 radical (unpaired) electrons. The van der Waals surface area contributed by atoms with Gasteiger partial charge in [0.2, 0.25) is 0 Å². The van der Waals surface area contributed by atoms with Crippen molar-refractivity contribution in [1.82, 2.24) is 0 Å². The van der Waals surface area contributed by atoms with Crippen molar-refractivity contribution in [2.75, 3.05) is 0 Å². The molecule has 0 atom stereocenters. The molecule has 2 aliphatic rings. The van der Waals surface area contributed by atoms with E-state index in [1.54, 1.807) is 0 Å². The molecule has 0 aliphatic heterocycles. The largest absolute Gasteiger partial charge is 0.106 e. The third kappa shape index (κ3) is 4.30. The molecule has 2 aliphatic carbocycles. The van der Waals surface area contributed by atoms with Crippen LogP contribution in [-0.2, 0) is 0 Å². The van der Waals surface area contributed by atoms with E-state index in [0.29, 0.717) is 5.41 Å². The van der Waals surface area contributed by atoms with E-state index in [-0.39, 0.29) is 5.41 Å². The molecule has 0 saturated heterocycles. The Labute approximate surface area is 132 Å². The van der Waals surface area contributed by atoms with Gasteiger partial charge in [0, 0.05) is 10.8 Å². The lowest BCUT2D eigenvalue weighted by Gasteiger charge is -2.41. The summed E-state index contributed by atoms with van der Waals surface area (Å²) < 4.78 is 0. The van der Waals surface area contributed by atoms with Crippen LogP contribution in [0.25, 0.3) is 0 Å². The highest BCUT2D eigenvalue weighted by Crippen LogP contribution is 2.48. The number of hydrogen-bond donors (Lipinski definition) is 0. The number of rotatable bonds is 2. The lowest BCUT2D eigenvalue weighted by atomic mass is 9.63. The van der Waals surface area contributed by atoms with Crippen molar-refractivity contribution in [2.24, 2.45) is 22.7 Å². The van der Waals surface area contributed by atoms with Gasteiger partial charge in [-0.15, -0.1) is 11.8 Å². The second kappa shape index (κ2) is 6.92. The zero-order valence-corrected chi connectivity index (χ0v) is 14.5. The molecule has 0 heteroatoms. The van der Waals surface area contributed by atoms with E-state index >= 15 is 0 Å². The maximum Gasteiger partial charge on any atom is 0.0317 e. The van der Waals surface area contributed by atoms with Crippen LogP contribution >= 0.6 is 0 Å². The maximum atomic E-state index is 3.63. The van der Waals surface area contributed by atoms with Gasteiger partial charge in [-0.3, -0.25) is 0 Å². The van der Waals surface area contributed by atoms with E-state index in [1.165, 1.54) is 57.8 Å². The predicted molar refractivity (Wildman–Crippen MR) is 91.6 cm³/mol. The van der Waals surface area contributed by atoms with E-state index in [1.807, 2.05) is 13.8 Å². The summed E-state index contributed by atoms with van der Waals surface area (Å²) in [4.78, 5) is 0. The van der Waals surface area contributed by atoms with Gasteiger partial charge in [-0.25, -0.2) is 0 Å². The van der Waals surface area contributed by atoms with E-state index < -0.39 is 0 Å². The summed E-state index contributed by atoms with van der Waals surface area (Å²) in [6.07, 6.45) is 12.0. The van der Waals surface area contributed by atoms with Gasteiger partial charge in [0.05, 0.1) is 0 Å². The molecule has 0 nitrogen and oxygen atoms in total. The zero-order valence-electron chi connectivity index (χ0n) is 14.5. The van der Waals surface area contributed by atoms with Crippen LogP contribution in [-0.4, -0.2) is 0 Å². The van der Waals surface area contributed by atoms with Crippen LogP contribution in [0.1, 0.15) is 85.5 Å². The third-order valence-electron chi connectivity index (χ3n) is 5.94. The summed E-state index contributed by atoms with van der Waals surface area (Å²) in [5.74, 6) is 15.3. The third-order valence-corrected chi connectivity index (χ3v) is 5.94. The quantitative estimate of drug-likeness (QED) is 0.561. The van der Waals surface area contributed by atoms with Crippen LogP contribution < -0.4 is 0 Å². The van der Waals surface area contributed by atoms with Crippen LogP contribution in [0.15, 0.2) is 0 Å². The summed E-state index contributed by atoms with van der Waals surface area (Å²) in [5, 5.41) is 0. The van der Waals surface area contributed by atoms with Crippen molar-refractivity contribution in [2.45, 2.75) is 85.5 Å². The lowest BCUT2D eigenvalue weighted by Crippen LogP contribution is -2.31. The van der Waals surface area contributed by atoms with Gasteiger partial charge < -0.3 is 0 Å². The molecule has 2 rings (SSSR count). The summed E-state index contributed by atoms with van der Waals surface area (Å²) in [7, 11) is 0. The van der Waals surface area contributed by atoms with Gasteiger partial charge in [0.25, 0.3) is 0 Å². The molecule has 0 aromatic carbocycles. The predicted octanol–water partition coefficient (Wildman–Crippen LogP) is 5.82. The van der Waals surface area contributed by atoms with E-state index in [4.69, 9.17) is 0 Å². The first-order valence-electron chi connectivity index (χ1n) is 8.89. The maximum absolute atomic E-state index is 3.63. The van der Waals surface area contributed by atoms with Crippen LogP contribution in [0.5, 0.6) is 0 Å². The first-order valence-corrected chi connectivity index (χ1v) is 8.89. The van der Waals surface area contributed by atoms with Crippen LogP contribution in [0.2, 0.25) is 0 Å². The summed E-state index contributed by atoms with van der Waals surface area (Å²) >= 11 is 0. The minimum absolute atomic E-state index is 0.288. The van der Waals surface area contributed by atoms with Gasteiger partial charge in [0.15, 0.2) is 0 Å². The first kappa shape index (κ1) is 16.5. The van der Waals surface area contributed by atoms with Crippen molar-refractivity contribution in [3.05, 3.63) is 0 Å². The van der Waals surface area contributed by atoms with Crippen LogP contribution in [0, 0.1) is 46.3 Å². The van der Waals surface area contributed by atoms with Gasteiger partial charge in [-0.2, -0.15) is 0 Å². The van der Waals surface area contributed by atoms with E-state index in [0.717, 1.165) is 11.8 Å². The smallest absolute Gasteiger partial charge is 0.0317 e. The molecular formula is C21H32. The Bertz CT molecular complexity index is 446. The molecule has 0 bridgehead atoms. The van der Waals surface area contributed by atoms with E-state index in [9.17, 15) is 0 Å². The van der Waals surface area contributed by atoms with E-state index in [2.05, 4.69) is 37.5 Å². The Morgan fingerprint density at radius 3 is 1.95 bits per heavy atom. The number of hydrogen-bond acceptors (Lipinski definition) is 0. The monoisotopic (exact) mass is 284 g/mol. The van der Waals surface area contributed by atoms with Crippen LogP contribution in [0.4, 0.5) is 0 Å². The molecule has 0 N–H and O–H groups in total. The Morgan fingerprint density at radius 1 is 0.857 bits per heavy atom. The van der Waals surface area contributed by atoms with Gasteiger partial charge >= 0.3 is 0 Å². The highest BCUT2D eigenvalue weighted by molar-refractivity contribution is 5.14. The van der Waals surface area contributed by atoms with Gasteiger partial charge in [-0.1, -0.05) is 18.8 Å². The molecule has 116 valence electrons. The average molecular weight is 284 g/mol. The first-order chi connectivity index (χ1) is 10.0. The lowest BCUT2D eigenvalue weighted by molar-refractivity contribution is 0.138. The molecule has 0 spiro atoms. The summed E-state index contributed by atoms with van der Waals surface area (Å²) in [6.45, 7) is 8.75. The Kier molecular flexibility index (Phi) is 5.43. The fraction of sp³-hybridized carbons (Fsp3) is 0.810. The highest BCUT2D eigenvalue weighted by Gasteiger charge is 2.37. The Hall–Kier alpha value is -0.880. The SMILES string of the molecule is CC#CC1(C)CCC(CC2(C#CC)CCC(C)CC2)CC1. The Morgan fingerprint density at radius 2 is 1.43 bits per heavy atom. The second-order valence-corrected chi connectivity index (χ2v) is 7.92. The topological polar surface area (TPSA) is 0 Å². The Balaban J connectivity index is 1.96. The van der Waals surface area contributed by atoms with Crippen molar-refractivity contribution in [1.29, 1.82) is 0 Å². The molecule has 0 aromatic heterocycles. The minimum atomic E-state index is 0.288. The molecular weight excluding hydrogens is 252 g/mol. The van der Waals surface area contributed by atoms with Gasteiger partial charge in [-0.05, 0) is 90.4 Å². The molecule has 0 heterocycles. The fourth-order valence-corrected chi connectivity index (χ4v) is 4.46.